The van der Waals surface area contributed by atoms with Gasteiger partial charge < -0.3 is 9.84 Å². The number of nitrogens with zero attached hydrogens (tertiary/aromatic N) is 1. The molecule has 0 amide bonds. The molecule has 0 aliphatic rings. The van der Waals surface area contributed by atoms with E-state index in [1.165, 1.54) is 0 Å². The lowest BCUT2D eigenvalue weighted by Gasteiger charge is -2.20. The van der Waals surface area contributed by atoms with Crippen molar-refractivity contribution in [1.29, 1.82) is 5.26 Å². The maximum atomic E-state index is 11.1. The highest BCUT2D eigenvalue weighted by Crippen LogP contribution is 2.09. The fourth-order valence-corrected chi connectivity index (χ4v) is 0.753. The second-order valence-corrected chi connectivity index (χ2v) is 3.81. The molecule has 0 aliphatic carbocycles. The van der Waals surface area contributed by atoms with Gasteiger partial charge in [0, 0.05) is 0 Å². The van der Waals surface area contributed by atoms with Crippen LogP contribution >= 0.6 is 0 Å². The van der Waals surface area contributed by atoms with Gasteiger partial charge in [-0.05, 0) is 20.8 Å². The zero-order chi connectivity index (χ0) is 10.5. The van der Waals surface area contributed by atoms with E-state index < -0.39 is 17.7 Å². The molecular formula is C9H15NO3. The van der Waals surface area contributed by atoms with Crippen molar-refractivity contribution in [2.75, 3.05) is 0 Å². The second kappa shape index (κ2) is 4.83. The van der Waals surface area contributed by atoms with Crippen molar-refractivity contribution in [3.05, 3.63) is 0 Å². The monoisotopic (exact) mass is 185 g/mol. The number of carbonyl (C=O) groups is 1. The highest BCUT2D eigenvalue weighted by Gasteiger charge is 2.18. The van der Waals surface area contributed by atoms with Gasteiger partial charge >= 0.3 is 5.97 Å². The summed E-state index contributed by atoms with van der Waals surface area (Å²) in [5.74, 6) is -0.477. The van der Waals surface area contributed by atoms with E-state index in [9.17, 15) is 4.79 Å². The molecule has 1 N–H and O–H groups in total. The molecule has 0 aromatic rings. The van der Waals surface area contributed by atoms with E-state index in [4.69, 9.17) is 15.1 Å². The van der Waals surface area contributed by atoms with Crippen LogP contribution in [0.5, 0.6) is 0 Å². The number of hydrogen-bond donors (Lipinski definition) is 1. The maximum absolute atomic E-state index is 11.1. The van der Waals surface area contributed by atoms with Crippen LogP contribution in [0.1, 0.15) is 33.6 Å². The molecule has 4 nitrogen and oxygen atoms in total. The molecule has 13 heavy (non-hydrogen) atoms. The summed E-state index contributed by atoms with van der Waals surface area (Å²) >= 11 is 0. The van der Waals surface area contributed by atoms with Gasteiger partial charge in [0.2, 0.25) is 0 Å². The minimum absolute atomic E-state index is 0.0424. The number of esters is 1. The summed E-state index contributed by atoms with van der Waals surface area (Å²) in [7, 11) is 0. The molecule has 1 atom stereocenters. The zero-order valence-corrected chi connectivity index (χ0v) is 8.20. The number of aliphatic hydroxyl groups is 1. The van der Waals surface area contributed by atoms with Crippen molar-refractivity contribution in [3.63, 3.8) is 0 Å². The van der Waals surface area contributed by atoms with E-state index in [1.807, 2.05) is 0 Å². The summed E-state index contributed by atoms with van der Waals surface area (Å²) < 4.78 is 4.95. The van der Waals surface area contributed by atoms with Crippen LogP contribution in [0.4, 0.5) is 0 Å². The van der Waals surface area contributed by atoms with Crippen molar-refractivity contribution < 1.29 is 14.6 Å². The Hall–Kier alpha value is -1.08. The Morgan fingerprint density at radius 2 is 2.15 bits per heavy atom. The summed E-state index contributed by atoms with van der Waals surface area (Å²) in [4.78, 5) is 11.1. The minimum Gasteiger partial charge on any atom is -0.460 e. The average molecular weight is 185 g/mol. The molecule has 0 unspecified atom stereocenters. The Kier molecular flexibility index (Phi) is 4.43. The van der Waals surface area contributed by atoms with Crippen LogP contribution < -0.4 is 0 Å². The molecule has 74 valence electrons. The van der Waals surface area contributed by atoms with Crippen LogP contribution in [0.2, 0.25) is 0 Å². The van der Waals surface area contributed by atoms with Gasteiger partial charge in [-0.15, -0.1) is 0 Å². The fourth-order valence-electron chi connectivity index (χ4n) is 0.753. The van der Waals surface area contributed by atoms with E-state index in [-0.39, 0.29) is 12.8 Å². The van der Waals surface area contributed by atoms with Gasteiger partial charge in [0.05, 0.1) is 25.0 Å². The van der Waals surface area contributed by atoms with Crippen LogP contribution in [0.3, 0.4) is 0 Å². The van der Waals surface area contributed by atoms with Gasteiger partial charge in [-0.3, -0.25) is 4.79 Å². The van der Waals surface area contributed by atoms with Crippen LogP contribution in [0.15, 0.2) is 0 Å². The van der Waals surface area contributed by atoms with Gasteiger partial charge in [-0.1, -0.05) is 0 Å². The Bertz CT molecular complexity index is 212. The molecule has 0 aliphatic heterocycles. The standard InChI is InChI=1S/C9H15NO3/c1-9(2,3)13-8(12)6-7(11)4-5-10/h7,11H,4,6H2,1-3H3/t7-/m1/s1. The normalized spacial score (nSPS) is 13.2. The van der Waals surface area contributed by atoms with E-state index in [0.717, 1.165) is 0 Å². The van der Waals surface area contributed by atoms with Crippen LogP contribution in [-0.4, -0.2) is 22.8 Å². The highest BCUT2D eigenvalue weighted by atomic mass is 16.6. The first-order valence-corrected chi connectivity index (χ1v) is 4.12. The molecule has 0 saturated heterocycles. The molecule has 0 spiro atoms. The van der Waals surface area contributed by atoms with Gasteiger partial charge in [0.1, 0.15) is 5.60 Å². The van der Waals surface area contributed by atoms with Crippen molar-refractivity contribution in [1.82, 2.24) is 0 Å². The molecule has 0 radical (unpaired) electrons. The number of ether oxygens (including phenoxy) is 1. The molecule has 0 heterocycles. The first-order chi connectivity index (χ1) is 5.85. The van der Waals surface area contributed by atoms with Crippen molar-refractivity contribution in [2.45, 2.75) is 45.3 Å². The third-order valence-electron chi connectivity index (χ3n) is 1.15. The lowest BCUT2D eigenvalue weighted by Crippen LogP contribution is -2.26. The van der Waals surface area contributed by atoms with Crippen LogP contribution in [-0.2, 0) is 9.53 Å². The van der Waals surface area contributed by atoms with Gasteiger partial charge in [0.15, 0.2) is 0 Å². The van der Waals surface area contributed by atoms with Crippen LogP contribution in [0.25, 0.3) is 0 Å². The lowest BCUT2D eigenvalue weighted by atomic mass is 10.1. The summed E-state index contributed by atoms with van der Waals surface area (Å²) in [5, 5.41) is 17.3. The Balaban J connectivity index is 3.83. The summed E-state index contributed by atoms with van der Waals surface area (Å²) in [6.45, 7) is 5.25. The number of hydrogen-bond acceptors (Lipinski definition) is 4. The third-order valence-corrected chi connectivity index (χ3v) is 1.15. The first kappa shape index (κ1) is 11.9. The Morgan fingerprint density at radius 3 is 2.54 bits per heavy atom. The minimum atomic E-state index is -0.917. The fraction of sp³-hybridized carbons (Fsp3) is 0.778. The molecule has 0 aromatic carbocycles. The van der Waals surface area contributed by atoms with E-state index in [1.54, 1.807) is 26.8 Å². The summed E-state index contributed by atoms with van der Waals surface area (Å²) in [5.41, 5.74) is -0.538. The molecule has 0 fully saturated rings. The van der Waals surface area contributed by atoms with Crippen molar-refractivity contribution in [2.24, 2.45) is 0 Å². The molecule has 0 aromatic heterocycles. The smallest absolute Gasteiger partial charge is 0.308 e. The molecule has 0 saturated carbocycles. The predicted molar refractivity (Wildman–Crippen MR) is 46.7 cm³/mol. The maximum Gasteiger partial charge on any atom is 0.308 e. The molecular weight excluding hydrogens is 170 g/mol. The molecule has 0 rings (SSSR count). The largest absolute Gasteiger partial charge is 0.460 e. The van der Waals surface area contributed by atoms with E-state index >= 15 is 0 Å². The Morgan fingerprint density at radius 1 is 1.62 bits per heavy atom. The SMILES string of the molecule is CC(C)(C)OC(=O)C[C@H](O)CC#N. The van der Waals surface area contributed by atoms with Gasteiger partial charge in [0.25, 0.3) is 0 Å². The topological polar surface area (TPSA) is 70.3 Å². The van der Waals surface area contributed by atoms with Crippen molar-refractivity contribution >= 4 is 5.97 Å². The number of carbonyl (C=O) groups excluding carboxylic acids is 1. The number of aliphatic hydroxyl groups excluding tert-OH is 1. The second-order valence-electron chi connectivity index (χ2n) is 3.81. The van der Waals surface area contributed by atoms with Gasteiger partial charge in [-0.2, -0.15) is 5.26 Å². The van der Waals surface area contributed by atoms with Gasteiger partial charge in [-0.25, -0.2) is 0 Å². The summed E-state index contributed by atoms with van der Waals surface area (Å²) in [6, 6.07) is 1.78. The number of rotatable bonds is 3. The zero-order valence-electron chi connectivity index (χ0n) is 8.20. The van der Waals surface area contributed by atoms with E-state index in [2.05, 4.69) is 0 Å². The Labute approximate surface area is 78.1 Å². The van der Waals surface area contributed by atoms with Crippen molar-refractivity contribution in [3.8, 4) is 6.07 Å². The summed E-state index contributed by atoms with van der Waals surface area (Å²) in [6.07, 6.45) is -1.08. The van der Waals surface area contributed by atoms with Crippen LogP contribution in [0, 0.1) is 11.3 Å². The van der Waals surface area contributed by atoms with E-state index in [0.29, 0.717) is 0 Å². The number of nitriles is 1. The predicted octanol–water partition coefficient (Wildman–Crippen LogP) is 0.993. The lowest BCUT2D eigenvalue weighted by molar-refractivity contribution is -0.156. The quantitative estimate of drug-likeness (QED) is 0.666. The average Bonchev–Trinajstić information content (AvgIpc) is 1.81. The molecule has 0 bridgehead atoms. The third kappa shape index (κ3) is 7.29. The molecule has 4 heteroatoms. The first-order valence-electron chi connectivity index (χ1n) is 4.12. The highest BCUT2D eigenvalue weighted by molar-refractivity contribution is 5.70.